The molecule has 1 aliphatic carbocycles. The van der Waals surface area contributed by atoms with Crippen LogP contribution < -0.4 is 0 Å². The van der Waals surface area contributed by atoms with Crippen molar-refractivity contribution in [1.29, 1.82) is 5.39 Å². The van der Waals surface area contributed by atoms with Gasteiger partial charge in [0, 0.05) is 12.8 Å². The Morgan fingerprint density at radius 1 is 1.64 bits per heavy atom. The summed E-state index contributed by atoms with van der Waals surface area (Å²) < 4.78 is 4.44. The highest BCUT2D eigenvalue weighted by molar-refractivity contribution is 6.00. The largest absolute Gasteiger partial charge is 0.505 e. The summed E-state index contributed by atoms with van der Waals surface area (Å²) in [6.45, 7) is 0. The second-order valence-corrected chi connectivity index (χ2v) is 2.95. The molecule has 1 aliphatic rings. The van der Waals surface area contributed by atoms with E-state index in [4.69, 9.17) is 5.39 Å². The van der Waals surface area contributed by atoms with Gasteiger partial charge in [0.25, 0.3) is 5.78 Å². The third-order valence-electron chi connectivity index (χ3n) is 2.04. The summed E-state index contributed by atoms with van der Waals surface area (Å²) in [5.74, 6) is -2.18. The first-order chi connectivity index (χ1) is 6.60. The van der Waals surface area contributed by atoms with Gasteiger partial charge in [-0.15, -0.1) is 0 Å². The minimum atomic E-state index is -0.682. The van der Waals surface area contributed by atoms with Gasteiger partial charge in [-0.3, -0.25) is 9.59 Å². The van der Waals surface area contributed by atoms with E-state index >= 15 is 0 Å². The van der Waals surface area contributed by atoms with Gasteiger partial charge in [0.1, 0.15) is 0 Å². The first kappa shape index (κ1) is 10.2. The van der Waals surface area contributed by atoms with Crippen molar-refractivity contribution in [2.45, 2.75) is 12.8 Å². The maximum atomic E-state index is 11.2. The normalized spacial score (nSPS) is 21.7. The van der Waals surface area contributed by atoms with Gasteiger partial charge in [0.15, 0.2) is 10.7 Å². The molecule has 0 radical (unpaired) electrons. The van der Waals surface area contributed by atoms with Gasteiger partial charge in [0.05, 0.1) is 13.0 Å². The summed E-state index contributed by atoms with van der Waals surface area (Å²) in [5.41, 5.74) is -0.370. The zero-order chi connectivity index (χ0) is 10.7. The SMILES string of the molecule is COC(=O)C1CC(=O)C([N+]#N)=C(O)C1. The number of ether oxygens (including phenoxy) is 1. The number of diazo groups is 1. The minimum absolute atomic E-state index is 0.0300. The van der Waals surface area contributed by atoms with Crippen LogP contribution in [-0.2, 0) is 14.3 Å². The van der Waals surface area contributed by atoms with Crippen molar-refractivity contribution in [2.24, 2.45) is 5.92 Å². The summed E-state index contributed by atoms with van der Waals surface area (Å²) >= 11 is 0. The van der Waals surface area contributed by atoms with Crippen LogP contribution in [0.3, 0.4) is 0 Å². The Hall–Kier alpha value is -1.90. The van der Waals surface area contributed by atoms with E-state index in [1.54, 1.807) is 0 Å². The molecule has 0 aromatic carbocycles. The summed E-state index contributed by atoms with van der Waals surface area (Å²) in [6, 6.07) is 0. The number of esters is 1. The first-order valence-corrected chi connectivity index (χ1v) is 3.98. The molecule has 1 unspecified atom stereocenters. The molecule has 6 nitrogen and oxygen atoms in total. The quantitative estimate of drug-likeness (QED) is 0.495. The van der Waals surface area contributed by atoms with Crippen molar-refractivity contribution in [3.05, 3.63) is 16.4 Å². The van der Waals surface area contributed by atoms with Crippen LogP contribution in [0.1, 0.15) is 12.8 Å². The number of carbonyl (C=O) groups excluding carboxylic acids is 2. The molecule has 0 saturated carbocycles. The van der Waals surface area contributed by atoms with E-state index < -0.39 is 17.7 Å². The first-order valence-electron chi connectivity index (χ1n) is 3.98. The Labute approximate surface area is 79.8 Å². The second-order valence-electron chi connectivity index (χ2n) is 2.95. The molecule has 0 aromatic heterocycles. The predicted octanol–water partition coefficient (Wildman–Crippen LogP) is 0.761. The summed E-state index contributed by atoms with van der Waals surface area (Å²) in [6.07, 6.45) is -0.131. The number of rotatable bonds is 1. The van der Waals surface area contributed by atoms with E-state index in [-0.39, 0.29) is 24.3 Å². The molecule has 0 fully saturated rings. The molecule has 0 amide bonds. The molecule has 14 heavy (non-hydrogen) atoms. The van der Waals surface area contributed by atoms with Gasteiger partial charge >= 0.3 is 11.7 Å². The monoisotopic (exact) mass is 197 g/mol. The molecule has 1 atom stereocenters. The van der Waals surface area contributed by atoms with Crippen LogP contribution in [0, 0.1) is 11.3 Å². The number of aliphatic hydroxyl groups is 1. The summed E-state index contributed by atoms with van der Waals surface area (Å²) in [4.78, 5) is 24.9. The van der Waals surface area contributed by atoms with E-state index in [1.807, 2.05) is 0 Å². The molecule has 1 rings (SSSR count). The number of allylic oxidation sites excluding steroid dienone is 2. The number of ketones is 1. The summed E-state index contributed by atoms with van der Waals surface area (Å²) in [7, 11) is 1.21. The van der Waals surface area contributed by atoms with Crippen LogP contribution in [0.15, 0.2) is 11.5 Å². The number of hydrogen-bond acceptors (Lipinski definition) is 5. The molecule has 0 saturated heterocycles. The molecule has 0 bridgehead atoms. The predicted molar refractivity (Wildman–Crippen MR) is 44.5 cm³/mol. The van der Waals surface area contributed by atoms with E-state index in [2.05, 4.69) is 9.71 Å². The van der Waals surface area contributed by atoms with Crippen LogP contribution in [0.5, 0.6) is 0 Å². The lowest BCUT2D eigenvalue weighted by molar-refractivity contribution is -0.147. The molecular formula is C8H9N2O4+. The summed E-state index contributed by atoms with van der Waals surface area (Å²) in [5, 5.41) is 17.6. The van der Waals surface area contributed by atoms with Crippen molar-refractivity contribution >= 4 is 11.8 Å². The fraction of sp³-hybridized carbons (Fsp3) is 0.500. The maximum absolute atomic E-state index is 11.2. The lowest BCUT2D eigenvalue weighted by Gasteiger charge is -2.14. The zero-order valence-electron chi connectivity index (χ0n) is 7.56. The van der Waals surface area contributed by atoms with Gasteiger partial charge in [-0.05, 0) is 0 Å². The molecule has 0 aliphatic heterocycles. The van der Waals surface area contributed by atoms with E-state index in [0.29, 0.717) is 0 Å². The second kappa shape index (κ2) is 3.87. The van der Waals surface area contributed by atoms with E-state index in [9.17, 15) is 14.7 Å². The van der Waals surface area contributed by atoms with Crippen LogP contribution in [-0.4, -0.2) is 24.0 Å². The van der Waals surface area contributed by atoms with Gasteiger partial charge in [0.2, 0.25) is 5.39 Å². The van der Waals surface area contributed by atoms with E-state index in [0.717, 1.165) is 0 Å². The van der Waals surface area contributed by atoms with E-state index in [1.165, 1.54) is 7.11 Å². The molecule has 0 spiro atoms. The highest BCUT2D eigenvalue weighted by atomic mass is 16.5. The number of aliphatic hydroxyl groups excluding tert-OH is 1. The van der Waals surface area contributed by atoms with Crippen molar-refractivity contribution in [3.63, 3.8) is 0 Å². The Morgan fingerprint density at radius 3 is 2.71 bits per heavy atom. The van der Waals surface area contributed by atoms with Crippen molar-refractivity contribution in [2.75, 3.05) is 7.11 Å². The average molecular weight is 197 g/mol. The average Bonchev–Trinajstić information content (AvgIpc) is 2.16. The molecule has 74 valence electrons. The zero-order valence-corrected chi connectivity index (χ0v) is 7.56. The van der Waals surface area contributed by atoms with Crippen molar-refractivity contribution < 1.29 is 19.4 Å². The lowest BCUT2D eigenvalue weighted by atomic mass is 9.90. The fourth-order valence-corrected chi connectivity index (χ4v) is 1.33. The van der Waals surface area contributed by atoms with Crippen molar-refractivity contribution in [3.8, 4) is 0 Å². The Balaban J connectivity index is 2.89. The highest BCUT2D eigenvalue weighted by Crippen LogP contribution is 2.26. The molecule has 1 N–H and O–H groups in total. The Bertz CT molecular complexity index is 353. The molecule has 0 heterocycles. The highest BCUT2D eigenvalue weighted by Gasteiger charge is 2.40. The number of Topliss-reactive ketones (excluding diaryl/α,β-unsaturated/α-hetero) is 1. The number of methoxy groups -OCH3 is 1. The van der Waals surface area contributed by atoms with Gasteiger partial charge in [-0.1, -0.05) is 0 Å². The standard InChI is InChI=1S/C8H8N2O4/c1-14-8(13)4-2-5(11)7(10-9)6(12)3-4/h4H,2-3H2,1H3/p+1. The third kappa shape index (κ3) is 1.71. The van der Waals surface area contributed by atoms with Crippen molar-refractivity contribution in [1.82, 2.24) is 0 Å². The topological polar surface area (TPSA) is 91.8 Å². The maximum Gasteiger partial charge on any atom is 0.464 e. The molecule has 6 heteroatoms. The van der Waals surface area contributed by atoms with Crippen LogP contribution in [0.25, 0.3) is 4.98 Å². The number of carbonyl (C=O) groups is 2. The minimum Gasteiger partial charge on any atom is -0.505 e. The van der Waals surface area contributed by atoms with Gasteiger partial charge in [-0.25, -0.2) is 0 Å². The van der Waals surface area contributed by atoms with Crippen LogP contribution >= 0.6 is 0 Å². The van der Waals surface area contributed by atoms with Crippen LogP contribution in [0.4, 0.5) is 0 Å². The Morgan fingerprint density at radius 2 is 2.29 bits per heavy atom. The Kier molecular flexibility index (Phi) is 2.82. The fourth-order valence-electron chi connectivity index (χ4n) is 1.33. The smallest absolute Gasteiger partial charge is 0.464 e. The van der Waals surface area contributed by atoms with Gasteiger partial charge in [-0.2, -0.15) is 0 Å². The molecule has 0 aromatic rings. The molecular weight excluding hydrogens is 188 g/mol. The van der Waals surface area contributed by atoms with Crippen LogP contribution in [0.2, 0.25) is 0 Å². The lowest BCUT2D eigenvalue weighted by Crippen LogP contribution is -2.25. The van der Waals surface area contributed by atoms with Gasteiger partial charge < -0.3 is 9.84 Å². The third-order valence-corrected chi connectivity index (χ3v) is 2.04. The number of nitrogens with zero attached hydrogens (tertiary/aromatic N) is 2. The number of hydrogen-bond donors (Lipinski definition) is 1.